The second kappa shape index (κ2) is 14.2. The highest BCUT2D eigenvalue weighted by atomic mass is 127. The normalized spacial score (nSPS) is 14.8. The van der Waals surface area contributed by atoms with Crippen molar-refractivity contribution in [3.63, 3.8) is 0 Å². The Morgan fingerprint density at radius 2 is 1.90 bits per heavy atom. The number of rotatable bonds is 10. The topological polar surface area (TPSA) is 61.8 Å². The zero-order valence-electron chi connectivity index (χ0n) is 18.7. The van der Waals surface area contributed by atoms with Crippen LogP contribution in [0.25, 0.3) is 0 Å². The van der Waals surface area contributed by atoms with E-state index in [4.69, 9.17) is 9.73 Å². The third kappa shape index (κ3) is 8.65. The average molecular weight is 537 g/mol. The molecule has 1 atom stereocenters. The number of pyridine rings is 1. The number of nitrogens with zero attached hydrogens (tertiary/aromatic N) is 3. The van der Waals surface area contributed by atoms with Crippen LogP contribution in [0.2, 0.25) is 0 Å². The molecule has 3 rings (SSSR count). The summed E-state index contributed by atoms with van der Waals surface area (Å²) in [6.45, 7) is 9.39. The van der Waals surface area contributed by atoms with Crippen molar-refractivity contribution in [2.45, 2.75) is 45.8 Å². The molecule has 0 saturated carbocycles. The summed E-state index contributed by atoms with van der Waals surface area (Å²) < 4.78 is 5.94. The lowest BCUT2D eigenvalue weighted by Crippen LogP contribution is -2.38. The van der Waals surface area contributed by atoms with Gasteiger partial charge in [0.05, 0.1) is 12.6 Å². The first-order valence-corrected chi connectivity index (χ1v) is 11.1. The van der Waals surface area contributed by atoms with E-state index in [-0.39, 0.29) is 30.1 Å². The van der Waals surface area contributed by atoms with E-state index in [0.717, 1.165) is 49.9 Å². The first-order valence-electron chi connectivity index (χ1n) is 11.1. The fraction of sp³-hybridized carbons (Fsp3) is 0.500. The number of anilines is 1. The van der Waals surface area contributed by atoms with Gasteiger partial charge in [-0.05, 0) is 50.3 Å². The molecule has 2 N–H and O–H groups in total. The maximum absolute atomic E-state index is 5.94. The Bertz CT molecular complexity index is 763. The highest BCUT2D eigenvalue weighted by molar-refractivity contribution is 14.0. The minimum Gasteiger partial charge on any atom is -0.374 e. The van der Waals surface area contributed by atoms with Gasteiger partial charge in [-0.3, -0.25) is 0 Å². The Morgan fingerprint density at radius 1 is 1.13 bits per heavy atom. The van der Waals surface area contributed by atoms with E-state index >= 15 is 0 Å². The first kappa shape index (κ1) is 25.4. The summed E-state index contributed by atoms with van der Waals surface area (Å²) >= 11 is 0. The van der Waals surface area contributed by atoms with Gasteiger partial charge < -0.3 is 20.3 Å². The van der Waals surface area contributed by atoms with Crippen LogP contribution in [0.5, 0.6) is 0 Å². The van der Waals surface area contributed by atoms with Gasteiger partial charge in [-0.25, -0.2) is 9.98 Å². The number of aliphatic imine (C=N–C) groups is 1. The molecule has 1 fully saturated rings. The van der Waals surface area contributed by atoms with Crippen LogP contribution < -0.4 is 15.5 Å². The molecule has 2 heterocycles. The quantitative estimate of drug-likeness (QED) is 0.202. The average Bonchev–Trinajstić information content (AvgIpc) is 3.33. The van der Waals surface area contributed by atoms with Crippen LogP contribution in [-0.2, 0) is 11.3 Å². The number of ether oxygens (including phenoxy) is 1. The molecule has 0 radical (unpaired) electrons. The molecule has 1 aromatic carbocycles. The number of hydrogen-bond acceptors (Lipinski definition) is 4. The van der Waals surface area contributed by atoms with Crippen molar-refractivity contribution >= 4 is 35.8 Å². The van der Waals surface area contributed by atoms with Gasteiger partial charge in [-0.1, -0.05) is 36.4 Å². The van der Waals surface area contributed by atoms with E-state index in [1.165, 1.54) is 18.4 Å². The molecule has 1 unspecified atom stereocenters. The van der Waals surface area contributed by atoms with E-state index in [9.17, 15) is 0 Å². The van der Waals surface area contributed by atoms with Crippen molar-refractivity contribution in [2.75, 3.05) is 37.7 Å². The SMILES string of the molecule is CCNC(=NCc1ccc(N2CCCC2)nc1)NCCCOC(C)c1ccccc1.I. The van der Waals surface area contributed by atoms with E-state index in [1.807, 2.05) is 24.4 Å². The van der Waals surface area contributed by atoms with E-state index < -0.39 is 0 Å². The minimum absolute atomic E-state index is 0. The third-order valence-electron chi connectivity index (χ3n) is 5.25. The molecule has 1 aliphatic rings. The zero-order valence-corrected chi connectivity index (χ0v) is 21.0. The van der Waals surface area contributed by atoms with Crippen molar-refractivity contribution < 1.29 is 4.74 Å². The first-order chi connectivity index (χ1) is 14.8. The Kier molecular flexibility index (Phi) is 11.7. The Labute approximate surface area is 203 Å². The van der Waals surface area contributed by atoms with Gasteiger partial charge >= 0.3 is 0 Å². The second-order valence-electron chi connectivity index (χ2n) is 7.62. The number of aromatic nitrogens is 1. The zero-order chi connectivity index (χ0) is 21.0. The monoisotopic (exact) mass is 537 g/mol. The summed E-state index contributed by atoms with van der Waals surface area (Å²) in [7, 11) is 0. The molecule has 1 saturated heterocycles. The van der Waals surface area contributed by atoms with E-state index in [2.05, 4.69) is 58.6 Å². The predicted octanol–water partition coefficient (Wildman–Crippen LogP) is 4.52. The van der Waals surface area contributed by atoms with Gasteiger partial charge in [-0.2, -0.15) is 0 Å². The smallest absolute Gasteiger partial charge is 0.191 e. The molecule has 2 aromatic rings. The molecular weight excluding hydrogens is 501 g/mol. The van der Waals surface area contributed by atoms with Gasteiger partial charge in [0.25, 0.3) is 0 Å². The number of benzene rings is 1. The van der Waals surface area contributed by atoms with Crippen molar-refractivity contribution in [2.24, 2.45) is 4.99 Å². The lowest BCUT2D eigenvalue weighted by Gasteiger charge is -2.16. The van der Waals surface area contributed by atoms with Gasteiger partial charge in [0.1, 0.15) is 5.82 Å². The molecule has 170 valence electrons. The van der Waals surface area contributed by atoms with Gasteiger partial charge in [0, 0.05) is 39.0 Å². The van der Waals surface area contributed by atoms with Crippen molar-refractivity contribution in [3.8, 4) is 0 Å². The van der Waals surface area contributed by atoms with E-state index in [0.29, 0.717) is 13.2 Å². The molecular formula is C24H36IN5O. The largest absolute Gasteiger partial charge is 0.374 e. The lowest BCUT2D eigenvalue weighted by molar-refractivity contribution is 0.0646. The number of nitrogens with one attached hydrogen (secondary N) is 2. The van der Waals surface area contributed by atoms with Crippen molar-refractivity contribution in [1.29, 1.82) is 0 Å². The molecule has 1 aromatic heterocycles. The van der Waals surface area contributed by atoms with Crippen LogP contribution in [0, 0.1) is 0 Å². The minimum atomic E-state index is 0. The highest BCUT2D eigenvalue weighted by Crippen LogP contribution is 2.18. The number of halogens is 1. The predicted molar refractivity (Wildman–Crippen MR) is 139 cm³/mol. The van der Waals surface area contributed by atoms with Crippen LogP contribution in [-0.4, -0.2) is 43.7 Å². The Balaban J connectivity index is 0.00000341. The molecule has 7 heteroatoms. The maximum atomic E-state index is 5.94. The summed E-state index contributed by atoms with van der Waals surface area (Å²) in [6.07, 6.45) is 5.51. The maximum Gasteiger partial charge on any atom is 0.191 e. The van der Waals surface area contributed by atoms with Crippen molar-refractivity contribution in [1.82, 2.24) is 15.6 Å². The molecule has 6 nitrogen and oxygen atoms in total. The lowest BCUT2D eigenvalue weighted by atomic mass is 10.1. The van der Waals surface area contributed by atoms with Crippen LogP contribution >= 0.6 is 24.0 Å². The summed E-state index contributed by atoms with van der Waals surface area (Å²) in [4.78, 5) is 11.6. The summed E-state index contributed by atoms with van der Waals surface area (Å²) in [5, 5.41) is 6.69. The fourth-order valence-electron chi connectivity index (χ4n) is 3.51. The van der Waals surface area contributed by atoms with Gasteiger partial charge in [0.2, 0.25) is 0 Å². The van der Waals surface area contributed by atoms with Gasteiger partial charge in [-0.15, -0.1) is 24.0 Å². The van der Waals surface area contributed by atoms with Crippen molar-refractivity contribution in [3.05, 3.63) is 59.8 Å². The molecule has 0 bridgehead atoms. The highest BCUT2D eigenvalue weighted by Gasteiger charge is 2.12. The molecule has 0 aliphatic carbocycles. The molecule has 0 amide bonds. The fourth-order valence-corrected chi connectivity index (χ4v) is 3.51. The Morgan fingerprint density at radius 3 is 2.58 bits per heavy atom. The second-order valence-corrected chi connectivity index (χ2v) is 7.62. The van der Waals surface area contributed by atoms with E-state index in [1.54, 1.807) is 0 Å². The molecule has 0 spiro atoms. The number of hydrogen-bond donors (Lipinski definition) is 2. The van der Waals surface area contributed by atoms with Crippen LogP contribution in [0.3, 0.4) is 0 Å². The summed E-state index contributed by atoms with van der Waals surface area (Å²) in [5.41, 5.74) is 2.33. The van der Waals surface area contributed by atoms with Crippen LogP contribution in [0.15, 0.2) is 53.7 Å². The van der Waals surface area contributed by atoms with Crippen LogP contribution in [0.4, 0.5) is 5.82 Å². The standard InChI is InChI=1S/C24H35N5O.HI/c1-3-25-24(26-14-9-17-30-20(2)22-10-5-4-6-11-22)28-19-21-12-13-23(27-18-21)29-15-7-8-16-29;/h4-6,10-13,18,20H,3,7-9,14-17,19H2,1-2H3,(H2,25,26,28);1H. The van der Waals surface area contributed by atoms with Crippen LogP contribution in [0.1, 0.15) is 50.3 Å². The Hall–Kier alpha value is -1.87. The third-order valence-corrected chi connectivity index (χ3v) is 5.25. The number of guanidine groups is 1. The molecule has 31 heavy (non-hydrogen) atoms. The summed E-state index contributed by atoms with van der Waals surface area (Å²) in [5.74, 6) is 1.91. The summed E-state index contributed by atoms with van der Waals surface area (Å²) in [6, 6.07) is 14.6. The van der Waals surface area contributed by atoms with Gasteiger partial charge in [0.15, 0.2) is 5.96 Å². The molecule has 1 aliphatic heterocycles.